The smallest absolute Gasteiger partial charge is 0.178 e. The van der Waals surface area contributed by atoms with Crippen LogP contribution < -0.4 is 0 Å². The fraction of sp³-hybridized carbons (Fsp3) is 0.667. The molecule has 1 aliphatic rings. The Labute approximate surface area is 115 Å². The van der Waals surface area contributed by atoms with Crippen molar-refractivity contribution in [2.24, 2.45) is 0 Å². The summed E-state index contributed by atoms with van der Waals surface area (Å²) >= 11 is 0. The van der Waals surface area contributed by atoms with Crippen molar-refractivity contribution in [3.8, 4) is 0 Å². The van der Waals surface area contributed by atoms with E-state index in [1.54, 1.807) is 0 Å². The van der Waals surface area contributed by atoms with Crippen molar-refractivity contribution in [2.75, 3.05) is 33.2 Å². The molecule has 2 rings (SSSR count). The Morgan fingerprint density at radius 2 is 2.16 bits per heavy atom. The summed E-state index contributed by atoms with van der Waals surface area (Å²) < 4.78 is 0. The highest BCUT2D eigenvalue weighted by molar-refractivity contribution is 5.98. The molecule has 1 fully saturated rings. The Bertz CT molecular complexity index is 452. The second-order valence-corrected chi connectivity index (χ2v) is 5.69. The molecule has 1 aromatic heterocycles. The number of hydrogen-bond acceptors (Lipinski definition) is 3. The van der Waals surface area contributed by atoms with Gasteiger partial charge in [-0.15, -0.1) is 0 Å². The summed E-state index contributed by atoms with van der Waals surface area (Å²) in [4.78, 5) is 20.2. The van der Waals surface area contributed by atoms with Crippen molar-refractivity contribution < 1.29 is 4.79 Å². The Hall–Kier alpha value is -1.13. The molecule has 0 aromatic carbocycles. The van der Waals surface area contributed by atoms with Gasteiger partial charge in [0.1, 0.15) is 0 Å². The number of nitrogens with one attached hydrogen (secondary N) is 1. The summed E-state index contributed by atoms with van der Waals surface area (Å²) in [6.45, 7) is 9.76. The molecule has 1 N–H and O–H groups in total. The maximum absolute atomic E-state index is 12.3. The number of nitrogens with zero attached hydrogens (tertiary/aromatic N) is 2. The number of hydrogen-bond donors (Lipinski definition) is 1. The number of carbonyl (C=O) groups is 1. The molecule has 1 saturated heterocycles. The van der Waals surface area contributed by atoms with E-state index in [9.17, 15) is 4.79 Å². The fourth-order valence-corrected chi connectivity index (χ4v) is 2.90. The monoisotopic (exact) mass is 263 g/mol. The predicted molar refractivity (Wildman–Crippen MR) is 77.7 cm³/mol. The van der Waals surface area contributed by atoms with Gasteiger partial charge in [0.2, 0.25) is 0 Å². The Kier molecular flexibility index (Phi) is 4.42. The molecule has 1 unspecified atom stereocenters. The number of Topliss-reactive ketones (excluding diaryl/α,β-unsaturated/α-hetero) is 1. The second kappa shape index (κ2) is 5.88. The van der Waals surface area contributed by atoms with E-state index >= 15 is 0 Å². The van der Waals surface area contributed by atoms with Crippen LogP contribution in [0.4, 0.5) is 0 Å². The van der Waals surface area contributed by atoms with Gasteiger partial charge in [-0.3, -0.25) is 9.69 Å². The molecule has 0 bridgehead atoms. The number of ketones is 1. The van der Waals surface area contributed by atoms with Gasteiger partial charge in [0, 0.05) is 42.6 Å². The summed E-state index contributed by atoms with van der Waals surface area (Å²) in [5.41, 5.74) is 2.90. The first-order valence-corrected chi connectivity index (χ1v) is 7.13. The Morgan fingerprint density at radius 1 is 1.42 bits per heavy atom. The van der Waals surface area contributed by atoms with Crippen LogP contribution in [-0.4, -0.2) is 59.8 Å². The molecule has 1 aromatic rings. The average Bonchev–Trinajstić information content (AvgIpc) is 2.71. The number of likely N-dealkylation sites (N-methyl/N-ethyl adjacent to an activating group) is 1. The molecule has 0 spiro atoms. The minimum Gasteiger partial charge on any atom is -0.362 e. The first-order chi connectivity index (χ1) is 9.01. The van der Waals surface area contributed by atoms with Crippen molar-refractivity contribution in [2.45, 2.75) is 33.2 Å². The predicted octanol–water partition coefficient (Wildman–Crippen LogP) is 1.84. The van der Waals surface area contributed by atoms with Crippen molar-refractivity contribution in [1.29, 1.82) is 0 Å². The lowest BCUT2D eigenvalue weighted by atomic mass is 10.1. The minimum absolute atomic E-state index is 0.237. The van der Waals surface area contributed by atoms with Crippen LogP contribution in [0.5, 0.6) is 0 Å². The lowest BCUT2D eigenvalue weighted by Gasteiger charge is -2.38. The van der Waals surface area contributed by atoms with Crippen LogP contribution in [0.15, 0.2) is 6.07 Å². The summed E-state index contributed by atoms with van der Waals surface area (Å²) in [7, 11) is 2.17. The summed E-state index contributed by atoms with van der Waals surface area (Å²) in [5, 5.41) is 0. The van der Waals surface area contributed by atoms with Crippen LogP contribution in [0.1, 0.15) is 35.1 Å². The molecule has 0 amide bonds. The SMILES string of the molecule is CCC1CN(CC(=O)c2cc(C)[nH]c2C)CCN1C. The van der Waals surface area contributed by atoms with Crippen LogP contribution in [0.3, 0.4) is 0 Å². The quantitative estimate of drug-likeness (QED) is 0.843. The van der Waals surface area contributed by atoms with Gasteiger partial charge in [0.15, 0.2) is 5.78 Å². The summed E-state index contributed by atoms with van der Waals surface area (Å²) in [6, 6.07) is 2.54. The number of aromatic nitrogens is 1. The topological polar surface area (TPSA) is 39.3 Å². The maximum Gasteiger partial charge on any atom is 0.178 e. The van der Waals surface area contributed by atoms with Gasteiger partial charge in [-0.1, -0.05) is 6.92 Å². The van der Waals surface area contributed by atoms with Crippen molar-refractivity contribution in [3.05, 3.63) is 23.0 Å². The maximum atomic E-state index is 12.3. The van der Waals surface area contributed by atoms with E-state index in [1.807, 2.05) is 19.9 Å². The highest BCUT2D eigenvalue weighted by Crippen LogP contribution is 2.14. The number of aryl methyl sites for hydroxylation is 2. The third-order valence-electron chi connectivity index (χ3n) is 4.15. The molecule has 0 aliphatic carbocycles. The standard InChI is InChI=1S/C15H25N3O/c1-5-13-9-18(7-6-17(13)4)10-15(19)14-8-11(2)16-12(14)3/h8,13,16H,5-7,9-10H2,1-4H3. The van der Waals surface area contributed by atoms with Gasteiger partial charge in [-0.05, 0) is 33.4 Å². The molecule has 2 heterocycles. The largest absolute Gasteiger partial charge is 0.362 e. The zero-order chi connectivity index (χ0) is 14.0. The molecule has 0 radical (unpaired) electrons. The first kappa shape index (κ1) is 14.3. The van der Waals surface area contributed by atoms with E-state index in [1.165, 1.54) is 0 Å². The van der Waals surface area contributed by atoms with E-state index in [-0.39, 0.29) is 5.78 Å². The normalized spacial score (nSPS) is 21.8. The molecule has 4 heteroatoms. The number of aromatic amines is 1. The van der Waals surface area contributed by atoms with E-state index in [0.29, 0.717) is 12.6 Å². The molecule has 19 heavy (non-hydrogen) atoms. The van der Waals surface area contributed by atoms with Crippen LogP contribution in [0.2, 0.25) is 0 Å². The summed E-state index contributed by atoms with van der Waals surface area (Å²) in [5.74, 6) is 0.237. The molecule has 1 aliphatic heterocycles. The highest BCUT2D eigenvalue weighted by Gasteiger charge is 2.25. The number of piperazine rings is 1. The van der Waals surface area contributed by atoms with Crippen LogP contribution >= 0.6 is 0 Å². The molecular weight excluding hydrogens is 238 g/mol. The number of carbonyl (C=O) groups excluding carboxylic acids is 1. The Morgan fingerprint density at radius 3 is 2.74 bits per heavy atom. The zero-order valence-corrected chi connectivity index (χ0v) is 12.5. The first-order valence-electron chi connectivity index (χ1n) is 7.13. The third kappa shape index (κ3) is 3.25. The van der Waals surface area contributed by atoms with Gasteiger partial charge in [0.05, 0.1) is 6.54 Å². The molecule has 106 valence electrons. The minimum atomic E-state index is 0.237. The fourth-order valence-electron chi connectivity index (χ4n) is 2.90. The zero-order valence-electron chi connectivity index (χ0n) is 12.5. The van der Waals surface area contributed by atoms with Gasteiger partial charge in [-0.2, -0.15) is 0 Å². The van der Waals surface area contributed by atoms with Crippen molar-refractivity contribution >= 4 is 5.78 Å². The van der Waals surface area contributed by atoms with Crippen LogP contribution in [0, 0.1) is 13.8 Å². The van der Waals surface area contributed by atoms with Gasteiger partial charge in [-0.25, -0.2) is 0 Å². The Balaban J connectivity index is 1.98. The second-order valence-electron chi connectivity index (χ2n) is 5.69. The van der Waals surface area contributed by atoms with Crippen molar-refractivity contribution in [1.82, 2.24) is 14.8 Å². The average molecular weight is 263 g/mol. The van der Waals surface area contributed by atoms with E-state index < -0.39 is 0 Å². The van der Waals surface area contributed by atoms with Crippen LogP contribution in [-0.2, 0) is 0 Å². The molecular formula is C15H25N3O. The molecule has 4 nitrogen and oxygen atoms in total. The lowest BCUT2D eigenvalue weighted by molar-refractivity contribution is 0.0742. The number of H-pyrrole nitrogens is 1. The lowest BCUT2D eigenvalue weighted by Crippen LogP contribution is -2.52. The van der Waals surface area contributed by atoms with E-state index in [0.717, 1.165) is 43.0 Å². The third-order valence-corrected chi connectivity index (χ3v) is 4.15. The van der Waals surface area contributed by atoms with Gasteiger partial charge in [0.25, 0.3) is 0 Å². The van der Waals surface area contributed by atoms with E-state index in [4.69, 9.17) is 0 Å². The molecule has 0 saturated carbocycles. The molecule has 1 atom stereocenters. The van der Waals surface area contributed by atoms with Crippen molar-refractivity contribution in [3.63, 3.8) is 0 Å². The van der Waals surface area contributed by atoms with E-state index in [2.05, 4.69) is 28.8 Å². The number of rotatable bonds is 4. The van der Waals surface area contributed by atoms with Gasteiger partial charge >= 0.3 is 0 Å². The highest BCUT2D eigenvalue weighted by atomic mass is 16.1. The van der Waals surface area contributed by atoms with Crippen LogP contribution in [0.25, 0.3) is 0 Å². The van der Waals surface area contributed by atoms with Gasteiger partial charge < -0.3 is 9.88 Å². The summed E-state index contributed by atoms with van der Waals surface area (Å²) in [6.07, 6.45) is 1.14.